The number of carbonyl (C=O) groups is 1. The second-order valence-corrected chi connectivity index (χ2v) is 6.01. The fourth-order valence-electron chi connectivity index (χ4n) is 2.85. The Kier molecular flexibility index (Phi) is 3.42. The summed E-state index contributed by atoms with van der Waals surface area (Å²) in [6.07, 6.45) is 2.52. The summed E-state index contributed by atoms with van der Waals surface area (Å²) in [5.74, 6) is 0.837. The van der Waals surface area contributed by atoms with Crippen LogP contribution in [0.4, 0.5) is 0 Å². The number of hydrogen-bond acceptors (Lipinski definition) is 2. The maximum atomic E-state index is 12.4. The first-order chi connectivity index (χ1) is 11.2. The zero-order valence-corrected chi connectivity index (χ0v) is 13.1. The van der Waals surface area contributed by atoms with E-state index in [1.807, 2.05) is 35.2 Å². The largest absolute Gasteiger partial charge is 0.357 e. The van der Waals surface area contributed by atoms with Crippen LogP contribution in [0.15, 0.2) is 42.6 Å². The van der Waals surface area contributed by atoms with Crippen molar-refractivity contribution >= 4 is 17.5 Å². The van der Waals surface area contributed by atoms with E-state index in [4.69, 9.17) is 11.6 Å². The Balaban J connectivity index is 1.58. The van der Waals surface area contributed by atoms with Crippen LogP contribution in [0.5, 0.6) is 0 Å². The first-order valence-corrected chi connectivity index (χ1v) is 7.85. The third-order valence-electron chi connectivity index (χ3n) is 4.07. The highest BCUT2D eigenvalue weighted by Crippen LogP contribution is 2.24. The van der Waals surface area contributed by atoms with Gasteiger partial charge in [0.25, 0.3) is 5.91 Å². The fraction of sp³-hybridized carbons (Fsp3) is 0.176. The number of rotatable bonds is 2. The lowest BCUT2D eigenvalue weighted by atomic mass is 10.1. The van der Waals surface area contributed by atoms with Crippen molar-refractivity contribution in [2.75, 3.05) is 6.54 Å². The number of carbonyl (C=O) groups excluding carboxylic acids is 1. The SMILES string of the molecule is O=C(c1ccc[nH]1)N1CCc2nc(-c3ccc(Cl)cc3)[nH]c2C1. The van der Waals surface area contributed by atoms with E-state index in [0.29, 0.717) is 23.8 Å². The normalized spacial score (nSPS) is 13.9. The smallest absolute Gasteiger partial charge is 0.270 e. The number of benzene rings is 1. The van der Waals surface area contributed by atoms with Gasteiger partial charge in [0.05, 0.1) is 17.9 Å². The van der Waals surface area contributed by atoms with Gasteiger partial charge < -0.3 is 14.9 Å². The zero-order valence-electron chi connectivity index (χ0n) is 12.3. The minimum absolute atomic E-state index is 0.0169. The number of fused-ring (bicyclic) bond motifs is 1. The molecule has 0 unspecified atom stereocenters. The zero-order chi connectivity index (χ0) is 15.8. The first kappa shape index (κ1) is 14.1. The number of halogens is 1. The van der Waals surface area contributed by atoms with Crippen LogP contribution in [0.2, 0.25) is 5.02 Å². The Labute approximate surface area is 138 Å². The molecule has 0 aliphatic carbocycles. The highest BCUT2D eigenvalue weighted by Gasteiger charge is 2.25. The molecule has 1 aliphatic rings. The summed E-state index contributed by atoms with van der Waals surface area (Å²) in [6, 6.07) is 11.2. The lowest BCUT2D eigenvalue weighted by Gasteiger charge is -2.25. The minimum atomic E-state index is 0.0169. The van der Waals surface area contributed by atoms with Crippen LogP contribution >= 0.6 is 11.6 Å². The van der Waals surface area contributed by atoms with Crippen LogP contribution in [0.3, 0.4) is 0 Å². The summed E-state index contributed by atoms with van der Waals surface area (Å²) >= 11 is 5.93. The van der Waals surface area contributed by atoms with Gasteiger partial charge in [-0.15, -0.1) is 0 Å². The predicted molar refractivity (Wildman–Crippen MR) is 88.3 cm³/mol. The molecule has 3 heterocycles. The summed E-state index contributed by atoms with van der Waals surface area (Å²) < 4.78 is 0. The molecule has 0 saturated carbocycles. The molecule has 0 spiro atoms. The molecule has 116 valence electrons. The Hall–Kier alpha value is -2.53. The summed E-state index contributed by atoms with van der Waals surface area (Å²) in [5.41, 5.74) is 3.64. The quantitative estimate of drug-likeness (QED) is 0.759. The monoisotopic (exact) mass is 326 g/mol. The molecule has 5 nitrogen and oxygen atoms in total. The average molecular weight is 327 g/mol. The van der Waals surface area contributed by atoms with Crippen molar-refractivity contribution < 1.29 is 4.79 Å². The predicted octanol–water partition coefficient (Wildman–Crippen LogP) is 3.26. The van der Waals surface area contributed by atoms with Gasteiger partial charge in [0.15, 0.2) is 0 Å². The molecule has 6 heteroatoms. The van der Waals surface area contributed by atoms with E-state index in [0.717, 1.165) is 29.2 Å². The molecule has 23 heavy (non-hydrogen) atoms. The summed E-state index contributed by atoms with van der Waals surface area (Å²) in [6.45, 7) is 1.23. The van der Waals surface area contributed by atoms with Gasteiger partial charge in [0.2, 0.25) is 0 Å². The lowest BCUT2D eigenvalue weighted by Crippen LogP contribution is -2.36. The molecule has 3 aromatic rings. The Morgan fingerprint density at radius 3 is 2.78 bits per heavy atom. The van der Waals surface area contributed by atoms with E-state index in [1.54, 1.807) is 12.3 Å². The second kappa shape index (κ2) is 5.59. The van der Waals surface area contributed by atoms with E-state index in [1.165, 1.54) is 0 Å². The van der Waals surface area contributed by atoms with E-state index in [2.05, 4.69) is 15.0 Å². The van der Waals surface area contributed by atoms with Crippen LogP contribution < -0.4 is 0 Å². The number of imidazole rings is 1. The van der Waals surface area contributed by atoms with Gasteiger partial charge in [0, 0.05) is 29.7 Å². The number of hydrogen-bond donors (Lipinski definition) is 2. The van der Waals surface area contributed by atoms with Crippen LogP contribution in [-0.2, 0) is 13.0 Å². The van der Waals surface area contributed by atoms with Gasteiger partial charge in [-0.3, -0.25) is 4.79 Å². The number of aromatic nitrogens is 3. The standard InChI is InChI=1S/C17H15ClN4O/c18-12-5-3-11(4-6-12)16-20-13-7-9-22(10-15(13)21-16)17(23)14-2-1-8-19-14/h1-6,8,19H,7,9-10H2,(H,20,21). The van der Waals surface area contributed by atoms with Crippen LogP contribution in [-0.4, -0.2) is 32.3 Å². The summed E-state index contributed by atoms with van der Waals surface area (Å²) in [4.78, 5) is 25.2. The van der Waals surface area contributed by atoms with Crippen molar-refractivity contribution in [3.63, 3.8) is 0 Å². The summed E-state index contributed by atoms with van der Waals surface area (Å²) in [7, 11) is 0. The maximum Gasteiger partial charge on any atom is 0.270 e. The lowest BCUT2D eigenvalue weighted by molar-refractivity contribution is 0.0726. The van der Waals surface area contributed by atoms with Crippen molar-refractivity contribution in [1.82, 2.24) is 19.9 Å². The Morgan fingerprint density at radius 2 is 2.04 bits per heavy atom. The van der Waals surface area contributed by atoms with E-state index in [9.17, 15) is 4.79 Å². The molecule has 1 aliphatic heterocycles. The first-order valence-electron chi connectivity index (χ1n) is 7.47. The van der Waals surface area contributed by atoms with Gasteiger partial charge >= 0.3 is 0 Å². The molecule has 0 fully saturated rings. The maximum absolute atomic E-state index is 12.4. The highest BCUT2D eigenvalue weighted by molar-refractivity contribution is 6.30. The van der Waals surface area contributed by atoms with Gasteiger partial charge in [-0.2, -0.15) is 0 Å². The van der Waals surface area contributed by atoms with Crippen molar-refractivity contribution in [2.24, 2.45) is 0 Å². The third kappa shape index (κ3) is 2.64. The van der Waals surface area contributed by atoms with E-state index in [-0.39, 0.29) is 5.91 Å². The van der Waals surface area contributed by atoms with Crippen molar-refractivity contribution in [3.8, 4) is 11.4 Å². The third-order valence-corrected chi connectivity index (χ3v) is 4.32. The van der Waals surface area contributed by atoms with Gasteiger partial charge in [-0.05, 0) is 36.4 Å². The molecule has 0 radical (unpaired) electrons. The molecular weight excluding hydrogens is 312 g/mol. The van der Waals surface area contributed by atoms with Gasteiger partial charge in [-0.1, -0.05) is 11.6 Å². The van der Waals surface area contributed by atoms with E-state index >= 15 is 0 Å². The number of amides is 1. The minimum Gasteiger partial charge on any atom is -0.357 e. The molecule has 2 aromatic heterocycles. The molecule has 0 bridgehead atoms. The summed E-state index contributed by atoms with van der Waals surface area (Å²) in [5, 5.41) is 0.702. The molecule has 1 amide bonds. The van der Waals surface area contributed by atoms with Crippen molar-refractivity contribution in [2.45, 2.75) is 13.0 Å². The second-order valence-electron chi connectivity index (χ2n) is 5.58. The molecule has 0 atom stereocenters. The van der Waals surface area contributed by atoms with Gasteiger partial charge in [-0.25, -0.2) is 4.98 Å². The molecular formula is C17H15ClN4O. The fourth-order valence-corrected chi connectivity index (χ4v) is 2.97. The van der Waals surface area contributed by atoms with Crippen molar-refractivity contribution in [1.29, 1.82) is 0 Å². The number of aromatic amines is 2. The number of nitrogens with zero attached hydrogens (tertiary/aromatic N) is 2. The van der Waals surface area contributed by atoms with Crippen LogP contribution in [0.1, 0.15) is 21.9 Å². The van der Waals surface area contributed by atoms with E-state index < -0.39 is 0 Å². The van der Waals surface area contributed by atoms with Crippen LogP contribution in [0, 0.1) is 0 Å². The number of nitrogens with one attached hydrogen (secondary N) is 2. The Morgan fingerprint density at radius 1 is 1.22 bits per heavy atom. The van der Waals surface area contributed by atoms with Crippen molar-refractivity contribution in [3.05, 3.63) is 64.7 Å². The van der Waals surface area contributed by atoms with Crippen LogP contribution in [0.25, 0.3) is 11.4 Å². The molecule has 0 saturated heterocycles. The average Bonchev–Trinajstić information content (AvgIpc) is 3.23. The van der Waals surface area contributed by atoms with Gasteiger partial charge in [0.1, 0.15) is 11.5 Å². The molecule has 2 N–H and O–H groups in total. The molecule has 1 aromatic carbocycles. The number of H-pyrrole nitrogens is 2. The topological polar surface area (TPSA) is 64.8 Å². The highest BCUT2D eigenvalue weighted by atomic mass is 35.5. The Bertz CT molecular complexity index is 836. The molecule has 4 rings (SSSR count).